The summed E-state index contributed by atoms with van der Waals surface area (Å²) in [7, 11) is -2.26. The maximum Gasteiger partial charge on any atom is 0.299 e. The molecule has 1 aromatic rings. The first-order valence-corrected chi connectivity index (χ1v) is 14.0. The van der Waals surface area contributed by atoms with Gasteiger partial charge in [0.15, 0.2) is 0 Å². The minimum Gasteiger partial charge on any atom is -0.383 e. The Bertz CT molecular complexity index is 986. The minimum atomic E-state index is -3.80. The normalized spacial score (nSPS) is 18.7. The first-order chi connectivity index (χ1) is 16.8. The number of unbranched alkanes of at least 4 members (excludes halogenated alkanes) is 7. The Balaban J connectivity index is 1.52. The Hall–Kier alpha value is -1.91. The van der Waals surface area contributed by atoms with Crippen molar-refractivity contribution in [2.24, 2.45) is 0 Å². The lowest BCUT2D eigenvalue weighted by molar-refractivity contribution is -0.114. The quantitative estimate of drug-likeness (QED) is 0.248. The van der Waals surface area contributed by atoms with Crippen LogP contribution in [0.3, 0.4) is 0 Å². The number of anilines is 1. The molecule has 0 unspecified atom stereocenters. The fraction of sp³-hybridized carbons (Fsp3) is 0.680. The number of Topliss-reactive ketones (excluding diaryl/α,β-unsaturated/α-hetero) is 1. The van der Waals surface area contributed by atoms with Crippen LogP contribution in [-0.2, 0) is 19.6 Å². The van der Waals surface area contributed by atoms with Gasteiger partial charge < -0.3 is 9.64 Å². The number of rotatable bonds is 15. The number of halogens is 2. The predicted octanol–water partition coefficient (Wildman–Crippen LogP) is 4.79. The summed E-state index contributed by atoms with van der Waals surface area (Å²) in [5, 5.41) is 0. The van der Waals surface area contributed by atoms with Gasteiger partial charge in [-0.1, -0.05) is 38.5 Å². The average Bonchev–Trinajstić information content (AvgIpc) is 3.39. The van der Waals surface area contributed by atoms with E-state index < -0.39 is 28.1 Å². The van der Waals surface area contributed by atoms with Crippen molar-refractivity contribution in [1.82, 2.24) is 4.31 Å². The van der Waals surface area contributed by atoms with Crippen molar-refractivity contribution in [3.05, 3.63) is 23.8 Å². The maximum absolute atomic E-state index is 13.2. The number of hydrogen-bond donors (Lipinski definition) is 0. The van der Waals surface area contributed by atoms with Crippen LogP contribution in [0.2, 0.25) is 0 Å². The van der Waals surface area contributed by atoms with Crippen molar-refractivity contribution in [3.8, 4) is 0 Å². The zero-order chi connectivity index (χ0) is 25.4. The summed E-state index contributed by atoms with van der Waals surface area (Å²) >= 11 is 0. The van der Waals surface area contributed by atoms with Crippen molar-refractivity contribution >= 4 is 27.4 Å². The zero-order valence-corrected chi connectivity index (χ0v) is 21.2. The van der Waals surface area contributed by atoms with E-state index in [1.54, 1.807) is 6.07 Å². The average molecular weight is 515 g/mol. The first-order valence-electron chi connectivity index (χ1n) is 12.6. The van der Waals surface area contributed by atoms with Gasteiger partial charge in [0.1, 0.15) is 0 Å². The van der Waals surface area contributed by atoms with Crippen molar-refractivity contribution in [2.75, 3.05) is 31.7 Å². The van der Waals surface area contributed by atoms with Crippen LogP contribution < -0.4 is 4.90 Å². The molecule has 0 saturated carbocycles. The first kappa shape index (κ1) is 27.7. The van der Waals surface area contributed by atoms with Crippen LogP contribution in [0.5, 0.6) is 0 Å². The van der Waals surface area contributed by atoms with E-state index in [2.05, 4.69) is 0 Å². The monoisotopic (exact) mass is 514 g/mol. The molecule has 0 N–H and O–H groups in total. The molecule has 2 aliphatic rings. The lowest BCUT2D eigenvalue weighted by atomic mass is 10.1. The Labute approximate surface area is 206 Å². The Morgan fingerprint density at radius 2 is 1.69 bits per heavy atom. The van der Waals surface area contributed by atoms with Crippen LogP contribution in [0.4, 0.5) is 14.5 Å². The third-order valence-corrected chi connectivity index (χ3v) is 8.73. The molecule has 2 heterocycles. The topological polar surface area (TPSA) is 84.0 Å². The van der Waals surface area contributed by atoms with Crippen LogP contribution in [0.15, 0.2) is 23.1 Å². The number of amides is 1. The van der Waals surface area contributed by atoms with E-state index in [9.17, 15) is 26.8 Å². The molecule has 0 aliphatic carbocycles. The number of alkyl halides is 2. The third-order valence-electron chi connectivity index (χ3n) is 6.79. The lowest BCUT2D eigenvalue weighted by Crippen LogP contribution is -2.38. The van der Waals surface area contributed by atoms with E-state index in [1.165, 1.54) is 28.4 Å². The number of methoxy groups -OCH3 is 1. The largest absolute Gasteiger partial charge is 0.383 e. The molecule has 1 aromatic carbocycles. The minimum absolute atomic E-state index is 0.0237. The van der Waals surface area contributed by atoms with Gasteiger partial charge in [-0.25, -0.2) is 17.2 Å². The molecule has 10 heteroatoms. The third kappa shape index (κ3) is 6.86. The van der Waals surface area contributed by atoms with Gasteiger partial charge >= 0.3 is 0 Å². The van der Waals surface area contributed by atoms with Gasteiger partial charge in [0, 0.05) is 32.7 Å². The second kappa shape index (κ2) is 12.9. The molecular weight excluding hydrogens is 478 g/mol. The number of ether oxygens (including phenoxy) is 1. The highest BCUT2D eigenvalue weighted by molar-refractivity contribution is 7.89. The summed E-state index contributed by atoms with van der Waals surface area (Å²) in [4.78, 5) is 26.7. The highest BCUT2D eigenvalue weighted by Crippen LogP contribution is 2.34. The number of hydrogen-bond acceptors (Lipinski definition) is 5. The van der Waals surface area contributed by atoms with Crippen LogP contribution >= 0.6 is 0 Å². The summed E-state index contributed by atoms with van der Waals surface area (Å²) < 4.78 is 57.2. The number of carbonyl (C=O) groups is 2. The second-order valence-corrected chi connectivity index (χ2v) is 11.2. The van der Waals surface area contributed by atoms with Gasteiger partial charge in [-0.2, -0.15) is 4.31 Å². The zero-order valence-electron chi connectivity index (χ0n) is 20.4. The van der Waals surface area contributed by atoms with Gasteiger partial charge in [-0.05, 0) is 43.9 Å². The van der Waals surface area contributed by atoms with Crippen molar-refractivity contribution in [2.45, 2.75) is 88.0 Å². The number of sulfonamides is 1. The van der Waals surface area contributed by atoms with Gasteiger partial charge in [-0.3, -0.25) is 9.59 Å². The van der Waals surface area contributed by atoms with Gasteiger partial charge in [0.2, 0.25) is 16.4 Å². The van der Waals surface area contributed by atoms with E-state index >= 15 is 0 Å². The Morgan fingerprint density at radius 1 is 1.03 bits per heavy atom. The lowest BCUT2D eigenvalue weighted by Gasteiger charge is -2.24. The molecule has 0 radical (unpaired) electrons. The second-order valence-electron chi connectivity index (χ2n) is 9.34. The molecule has 196 valence electrons. The maximum atomic E-state index is 13.2. The standard InChI is InChI=1S/C25H36F2N2O5S/c1-34-18-19-11-10-16-29(19)35(32,33)20-13-14-22-21(17-20)24(30)25(31)28(22)15-9-7-5-3-2-4-6-8-12-23(26)27/h13-14,17,19,23H,2-12,15-16,18H2,1H3/t19-/m0/s1. The molecule has 0 bridgehead atoms. The van der Waals surface area contributed by atoms with Gasteiger partial charge in [0.05, 0.1) is 22.8 Å². The van der Waals surface area contributed by atoms with E-state index in [0.29, 0.717) is 31.8 Å². The van der Waals surface area contributed by atoms with Crippen molar-refractivity contribution < 1.29 is 31.5 Å². The molecule has 1 saturated heterocycles. The molecule has 35 heavy (non-hydrogen) atoms. The van der Waals surface area contributed by atoms with E-state index in [-0.39, 0.29) is 22.9 Å². The van der Waals surface area contributed by atoms with Crippen LogP contribution in [0.25, 0.3) is 0 Å². The SMILES string of the molecule is COC[C@@H]1CCCN1S(=O)(=O)c1ccc2c(c1)C(=O)C(=O)N2CCCCCCCCCCC(F)F. The van der Waals surface area contributed by atoms with Crippen LogP contribution in [-0.4, -0.2) is 63.7 Å². The molecule has 0 aromatic heterocycles. The summed E-state index contributed by atoms with van der Waals surface area (Å²) in [6, 6.07) is 4.14. The number of carbonyl (C=O) groups excluding carboxylic acids is 2. The summed E-state index contributed by atoms with van der Waals surface area (Å²) in [5.74, 6) is -1.29. The predicted molar refractivity (Wildman–Crippen MR) is 129 cm³/mol. The van der Waals surface area contributed by atoms with E-state index in [0.717, 1.165) is 57.8 Å². The molecule has 7 nitrogen and oxygen atoms in total. The fourth-order valence-electron chi connectivity index (χ4n) is 4.91. The molecule has 1 amide bonds. The highest BCUT2D eigenvalue weighted by Gasteiger charge is 2.39. The molecule has 1 atom stereocenters. The van der Waals surface area contributed by atoms with E-state index in [4.69, 9.17) is 4.74 Å². The van der Waals surface area contributed by atoms with Crippen LogP contribution in [0, 0.1) is 0 Å². The molecule has 1 fully saturated rings. The Morgan fingerprint density at radius 3 is 2.34 bits per heavy atom. The molecule has 3 rings (SSSR count). The smallest absolute Gasteiger partial charge is 0.299 e. The van der Waals surface area contributed by atoms with Gasteiger partial charge in [-0.15, -0.1) is 0 Å². The van der Waals surface area contributed by atoms with Crippen molar-refractivity contribution in [3.63, 3.8) is 0 Å². The number of ketones is 1. The van der Waals surface area contributed by atoms with Gasteiger partial charge in [0.25, 0.3) is 11.7 Å². The summed E-state index contributed by atoms with van der Waals surface area (Å²) in [5.41, 5.74) is 0.607. The number of nitrogens with zero attached hydrogens (tertiary/aromatic N) is 2. The van der Waals surface area contributed by atoms with Crippen LogP contribution in [0.1, 0.15) is 81.0 Å². The number of fused-ring (bicyclic) bond motifs is 1. The molecular formula is C25H36F2N2O5S. The summed E-state index contributed by atoms with van der Waals surface area (Å²) in [6.07, 6.45) is 6.21. The van der Waals surface area contributed by atoms with E-state index in [1.807, 2.05) is 0 Å². The summed E-state index contributed by atoms with van der Waals surface area (Å²) in [6.45, 7) is 1.12. The van der Waals surface area contributed by atoms with Crippen molar-refractivity contribution in [1.29, 1.82) is 0 Å². The molecule has 2 aliphatic heterocycles. The Kier molecular flexibility index (Phi) is 10.2. The molecule has 0 spiro atoms. The highest BCUT2D eigenvalue weighted by atomic mass is 32.2. The fourth-order valence-corrected chi connectivity index (χ4v) is 6.62. The number of benzene rings is 1.